The maximum absolute atomic E-state index is 14.6. The number of rotatable bonds is 40. The van der Waals surface area contributed by atoms with E-state index in [2.05, 4.69) is 80.8 Å². The van der Waals surface area contributed by atoms with Crippen LogP contribution >= 0.6 is 43.2 Å². The van der Waals surface area contributed by atoms with Gasteiger partial charge in [0.15, 0.2) is 65.9 Å². The van der Waals surface area contributed by atoms with Crippen LogP contribution in [0, 0.1) is 20.2 Å². The number of unbranched alkanes of at least 4 members (excludes halogenated alkanes) is 4. The minimum Gasteiger partial charge on any atom is -0.493 e. The highest BCUT2D eigenvalue weighted by Crippen LogP contribution is 2.57. The molecule has 133 heavy (non-hydrogen) atoms. The molecular formula is C94H112N10O24S4Si. The lowest BCUT2D eigenvalue weighted by Gasteiger charge is -2.38. The molecule has 2 saturated carbocycles. The first-order chi connectivity index (χ1) is 63.5. The molecule has 4 aromatic carbocycles. The summed E-state index contributed by atoms with van der Waals surface area (Å²) in [6.07, 6.45) is 10.2. The Morgan fingerprint density at radius 3 is 1.24 bits per heavy atom. The molecule has 4 saturated heterocycles. The molecule has 6 fully saturated rings. The molecule has 0 bridgehead atoms. The van der Waals surface area contributed by atoms with E-state index in [-0.39, 0.29) is 148 Å². The van der Waals surface area contributed by atoms with Crippen molar-refractivity contribution in [3.8, 4) is 46.0 Å². The van der Waals surface area contributed by atoms with E-state index in [0.29, 0.717) is 164 Å². The fourth-order valence-electron chi connectivity index (χ4n) is 15.8. The number of carbonyl (C=O) groups excluding carboxylic acids is 8. The molecule has 8 aliphatic rings. The van der Waals surface area contributed by atoms with E-state index >= 15 is 0 Å². The highest BCUT2D eigenvalue weighted by atomic mass is 33.1. The van der Waals surface area contributed by atoms with Crippen LogP contribution in [0.15, 0.2) is 144 Å². The van der Waals surface area contributed by atoms with Crippen molar-refractivity contribution in [2.45, 2.75) is 185 Å². The summed E-state index contributed by atoms with van der Waals surface area (Å²) in [4.78, 5) is 144. The fraction of sp³-hybridized carbons (Fsp3) is 0.468. The highest BCUT2D eigenvalue weighted by molar-refractivity contribution is 8.77. The highest BCUT2D eigenvalue weighted by Gasteiger charge is 2.49. The zero-order valence-electron chi connectivity index (χ0n) is 76.1. The third-order valence-corrected chi connectivity index (χ3v) is 35.7. The van der Waals surface area contributed by atoms with Gasteiger partial charge in [-0.1, -0.05) is 91.0 Å². The van der Waals surface area contributed by atoms with Crippen LogP contribution in [0.1, 0.15) is 163 Å². The number of ether oxygens (including phenoxy) is 10. The topological polar surface area (TPSA) is 407 Å². The molecular weight excluding hydrogens is 1810 g/mol. The maximum atomic E-state index is 14.6. The van der Waals surface area contributed by atoms with Crippen molar-refractivity contribution < 1.29 is 105 Å². The van der Waals surface area contributed by atoms with Crippen LogP contribution < -0.4 is 48.5 Å². The Morgan fingerprint density at radius 2 is 0.887 bits per heavy atom. The zero-order valence-corrected chi connectivity index (χ0v) is 80.3. The lowest BCUT2D eigenvalue weighted by molar-refractivity contribution is -0.385. The molecule has 2 aromatic heterocycles. The number of carbonyl (C=O) groups is 8. The number of pyridine rings is 2. The SMILES string of the molecule is C=C1C[C@@H](CO)N(C(=O)c2cc(OC)c(OCCCCCOc3cc4c(cc3OC)C(=O)N3CC(=C)C[C@H]3C(=O)C4)cc2NC(=O)OCC2(SSc3ccc([N+](=O)[O-])cn3)CC2)C1.C=C1C[C@@H](CO[Si](C)(C)C(C)(C)C)N(C(=O)c2cc(OC)c(OCCCCCOc3cc4c(cc3OC)C(=O)N3CC(=C)C[C@H]3C(=O)C4)cc2NC(=O)OCC2(SSc3ccc([N+](=O)[O-])cn3)CC2)C1. The number of aliphatic hydroxyl groups excluding tert-OH is 1. The van der Waals surface area contributed by atoms with Gasteiger partial charge in [0, 0.05) is 74.4 Å². The zero-order chi connectivity index (χ0) is 95.4. The Kier molecular flexibility index (Phi) is 32.3. The Bertz CT molecular complexity index is 5500. The Morgan fingerprint density at radius 1 is 0.519 bits per heavy atom. The number of Topliss-reactive ketones (excluding diaryl/α,β-unsaturated/α-hetero) is 2. The van der Waals surface area contributed by atoms with E-state index in [4.69, 9.17) is 51.8 Å². The number of aliphatic hydroxyl groups is 1. The summed E-state index contributed by atoms with van der Waals surface area (Å²) in [5.41, 5.74) is 5.93. The van der Waals surface area contributed by atoms with Crippen molar-refractivity contribution in [1.29, 1.82) is 0 Å². The second kappa shape index (κ2) is 43.3. The second-order valence-electron chi connectivity index (χ2n) is 35.7. The molecule has 8 heterocycles. The van der Waals surface area contributed by atoms with Gasteiger partial charge in [-0.25, -0.2) is 19.6 Å². The van der Waals surface area contributed by atoms with Crippen molar-refractivity contribution in [1.82, 2.24) is 29.6 Å². The summed E-state index contributed by atoms with van der Waals surface area (Å²) in [5, 5.41) is 38.8. The average Bonchev–Trinajstić information content (AvgIpc) is 1.64. The number of anilines is 2. The second-order valence-corrected chi connectivity index (χ2v) is 45.7. The number of aromatic nitrogens is 2. The van der Waals surface area contributed by atoms with Crippen molar-refractivity contribution in [2.75, 3.05) is 118 Å². The molecule has 3 N–H and O–H groups in total. The predicted molar refractivity (Wildman–Crippen MR) is 506 cm³/mol. The molecule has 14 rings (SSSR count). The number of amides is 6. The molecule has 4 atom stereocenters. The van der Waals surface area contributed by atoms with Gasteiger partial charge in [0.2, 0.25) is 0 Å². The van der Waals surface area contributed by atoms with Crippen molar-refractivity contribution in [3.05, 3.63) is 187 Å². The quantitative estimate of drug-likeness (QED) is 0.00803. The number of hydrogen-bond donors (Lipinski definition) is 3. The van der Waals surface area contributed by atoms with Crippen LogP contribution in [-0.4, -0.2) is 241 Å². The van der Waals surface area contributed by atoms with Crippen LogP contribution in [-0.2, 0) is 36.3 Å². The molecule has 0 unspecified atom stereocenters. The van der Waals surface area contributed by atoms with E-state index in [9.17, 15) is 63.7 Å². The predicted octanol–water partition coefficient (Wildman–Crippen LogP) is 16.7. The number of nitro groups is 2. The first-order valence-corrected chi connectivity index (χ1v) is 51.1. The molecule has 6 aromatic rings. The maximum Gasteiger partial charge on any atom is 0.411 e. The lowest BCUT2D eigenvalue weighted by atomic mass is 9.99. The minimum absolute atomic E-state index is 0.0229. The standard InChI is InChI=1S/C50H63N5O12S2Si.C44H49N5O12S2/c1-31-19-35(29-67-70(8,9)49(3,4)5)53(27-31)47(58)37-24-42(63-7)44(25-38(37)52-48(59)66-30-50(15-16-50)69-68-45-14-13-34(26-51-45)55(60)61)65-18-12-10-11-17-64-43-22-33-21-40(56)39-20-32(2)28-54(39)46(57)36(33)23-41(43)62-6;1-26-14-30(24-50)47(22-26)42(53)32-19-37(58-4)39(20-33(32)46-43(54)61-25-44(10-11-44)63-62-40-9-8-29(21-45-40)49(55)56)60-13-7-5-6-12-59-38-17-28-16-35(51)34-15-27(2)23-48(34)41(52)31(28)18-36(38)57-3/h13-14,22-26,35,39H,1-2,10-12,15-21,27-30H2,3-9H3,(H,52,59);8-9,17-21,30,34,50H,1-2,5-7,10-16,22-25H2,3-4H3,(H,46,54)/t35-,39-;30-,34-/m00/s1. The molecule has 6 aliphatic heterocycles. The van der Waals surface area contributed by atoms with Crippen LogP contribution in [0.25, 0.3) is 0 Å². The lowest BCUT2D eigenvalue weighted by Crippen LogP contribution is -2.46. The van der Waals surface area contributed by atoms with E-state index in [0.717, 1.165) is 54.4 Å². The van der Waals surface area contributed by atoms with E-state index < -0.39 is 54.4 Å². The average molecular weight is 1920 g/mol. The number of ketones is 2. The number of likely N-dealkylation sites (tertiary alicyclic amines) is 2. The first-order valence-electron chi connectivity index (χ1n) is 43.9. The molecule has 0 spiro atoms. The van der Waals surface area contributed by atoms with Crippen LogP contribution in [0.5, 0.6) is 46.0 Å². The number of benzene rings is 4. The van der Waals surface area contributed by atoms with E-state index in [1.54, 1.807) is 63.2 Å². The van der Waals surface area contributed by atoms with Gasteiger partial charge in [0.05, 0.1) is 134 Å². The normalized spacial score (nSPS) is 18.6. The van der Waals surface area contributed by atoms with Gasteiger partial charge in [-0.15, -0.1) is 0 Å². The van der Waals surface area contributed by atoms with Crippen LogP contribution in [0.4, 0.5) is 32.3 Å². The third kappa shape index (κ3) is 24.4. The molecule has 710 valence electrons. The number of methoxy groups -OCH3 is 4. The Labute approximate surface area is 788 Å². The summed E-state index contributed by atoms with van der Waals surface area (Å²) in [6, 6.07) is 17.1. The summed E-state index contributed by atoms with van der Waals surface area (Å²) in [5.74, 6) is 1.65. The summed E-state index contributed by atoms with van der Waals surface area (Å²) in [6.45, 7) is 29.8. The molecule has 34 nitrogen and oxygen atoms in total. The third-order valence-electron chi connectivity index (χ3n) is 24.8. The van der Waals surface area contributed by atoms with Gasteiger partial charge in [-0.05, 0) is 189 Å². The van der Waals surface area contributed by atoms with E-state index in [1.807, 2.05) is 0 Å². The number of fused-ring (bicyclic) bond motifs is 4. The van der Waals surface area contributed by atoms with Crippen LogP contribution in [0.3, 0.4) is 0 Å². The molecule has 0 radical (unpaired) electrons. The number of nitrogens with zero attached hydrogens (tertiary/aromatic N) is 8. The van der Waals surface area contributed by atoms with Crippen molar-refractivity contribution in [3.63, 3.8) is 0 Å². The Balaban J connectivity index is 0.000000227. The van der Waals surface area contributed by atoms with Gasteiger partial charge < -0.3 is 76.5 Å². The smallest absolute Gasteiger partial charge is 0.411 e. The van der Waals surface area contributed by atoms with Gasteiger partial charge in [0.1, 0.15) is 35.7 Å². The van der Waals surface area contributed by atoms with Crippen molar-refractivity contribution >= 4 is 122 Å². The molecule has 6 amide bonds. The van der Waals surface area contributed by atoms with E-state index in [1.165, 1.54) is 113 Å². The molecule has 2 aliphatic carbocycles. The van der Waals surface area contributed by atoms with Crippen LogP contribution in [0.2, 0.25) is 18.1 Å². The van der Waals surface area contributed by atoms with Crippen molar-refractivity contribution in [2.24, 2.45) is 0 Å². The van der Waals surface area contributed by atoms with Gasteiger partial charge in [-0.2, -0.15) is 0 Å². The number of hydrogen-bond acceptors (Lipinski definition) is 30. The monoisotopic (exact) mass is 1920 g/mol. The summed E-state index contributed by atoms with van der Waals surface area (Å²) < 4.78 is 64.5. The van der Waals surface area contributed by atoms with Gasteiger partial charge in [-0.3, -0.25) is 59.6 Å². The van der Waals surface area contributed by atoms with Gasteiger partial charge in [0.25, 0.3) is 35.0 Å². The fourth-order valence-corrected chi connectivity index (χ4v) is 22.0. The molecule has 39 heteroatoms. The minimum atomic E-state index is -2.15. The van der Waals surface area contributed by atoms with Gasteiger partial charge >= 0.3 is 12.2 Å². The largest absolute Gasteiger partial charge is 0.493 e. The first kappa shape index (κ1) is 99.1. The number of nitrogens with one attached hydrogen (secondary N) is 2. The summed E-state index contributed by atoms with van der Waals surface area (Å²) in [7, 11) is 9.48. The Hall–Kier alpha value is -11.4. The summed E-state index contributed by atoms with van der Waals surface area (Å²) >= 11 is 0.